The Morgan fingerprint density at radius 1 is 1.25 bits per heavy atom. The van der Waals surface area contributed by atoms with Crippen LogP contribution in [0.4, 0.5) is 0 Å². The highest BCUT2D eigenvalue weighted by atomic mass is 35.5. The molecular weight excluding hydrogens is 324 g/mol. The third-order valence-electron chi connectivity index (χ3n) is 4.76. The summed E-state index contributed by atoms with van der Waals surface area (Å²) in [6, 6.07) is 7.55. The first-order valence-electron chi connectivity index (χ1n) is 8.89. The number of hydrogen-bond donors (Lipinski definition) is 1. The highest BCUT2D eigenvalue weighted by Gasteiger charge is 2.41. The highest BCUT2D eigenvalue weighted by Crippen LogP contribution is 2.39. The van der Waals surface area contributed by atoms with E-state index in [0.717, 1.165) is 24.3 Å². The van der Waals surface area contributed by atoms with Gasteiger partial charge in [-0.05, 0) is 37.3 Å². The van der Waals surface area contributed by atoms with Crippen LogP contribution in [0.3, 0.4) is 0 Å². The van der Waals surface area contributed by atoms with Crippen molar-refractivity contribution >= 4 is 11.6 Å². The van der Waals surface area contributed by atoms with Gasteiger partial charge in [0.1, 0.15) is 11.5 Å². The fourth-order valence-corrected chi connectivity index (χ4v) is 3.74. The Morgan fingerprint density at radius 3 is 2.79 bits per heavy atom. The maximum Gasteiger partial charge on any atom is 0.123 e. The summed E-state index contributed by atoms with van der Waals surface area (Å²) >= 11 is 6.47. The standard InChI is InChI=1S/C20H29ClO3/c1-3-4-5-6-7-11-17-18(20(22)13-19(17)21)14-24-16-10-8-9-15(12-16)23-2/h6-10,12,17-20,22H,3-5,11,13-14H2,1-2H3/b7-6-/t17-,18?,19?,20-/m1/s1. The maximum absolute atomic E-state index is 10.3. The van der Waals surface area contributed by atoms with Gasteiger partial charge < -0.3 is 14.6 Å². The first-order chi connectivity index (χ1) is 11.7. The van der Waals surface area contributed by atoms with Gasteiger partial charge in [-0.25, -0.2) is 0 Å². The molecule has 0 bridgehead atoms. The molecule has 0 radical (unpaired) electrons. The molecule has 1 aliphatic carbocycles. The lowest BCUT2D eigenvalue weighted by Crippen LogP contribution is -2.27. The molecule has 0 heterocycles. The second-order valence-corrected chi connectivity index (χ2v) is 7.05. The monoisotopic (exact) mass is 352 g/mol. The fourth-order valence-electron chi connectivity index (χ4n) is 3.27. The van der Waals surface area contributed by atoms with E-state index in [0.29, 0.717) is 13.0 Å². The lowest BCUT2D eigenvalue weighted by atomic mass is 9.92. The summed E-state index contributed by atoms with van der Waals surface area (Å²) in [5.74, 6) is 1.85. The highest BCUT2D eigenvalue weighted by molar-refractivity contribution is 6.21. The average Bonchev–Trinajstić information content (AvgIpc) is 2.86. The summed E-state index contributed by atoms with van der Waals surface area (Å²) in [5, 5.41) is 10.3. The van der Waals surface area contributed by atoms with Gasteiger partial charge in [-0.15, -0.1) is 11.6 Å². The van der Waals surface area contributed by atoms with E-state index < -0.39 is 6.10 Å². The summed E-state index contributed by atoms with van der Waals surface area (Å²) in [5.41, 5.74) is 0. The molecule has 24 heavy (non-hydrogen) atoms. The number of halogens is 1. The van der Waals surface area contributed by atoms with Crippen molar-refractivity contribution in [2.75, 3.05) is 13.7 Å². The second kappa shape index (κ2) is 9.95. The summed E-state index contributed by atoms with van der Waals surface area (Å²) in [6.45, 7) is 2.67. The Balaban J connectivity index is 1.91. The average molecular weight is 353 g/mol. The van der Waals surface area contributed by atoms with Crippen LogP contribution in [0.5, 0.6) is 11.5 Å². The van der Waals surface area contributed by atoms with Crippen LogP contribution in [-0.2, 0) is 0 Å². The van der Waals surface area contributed by atoms with Crippen LogP contribution < -0.4 is 9.47 Å². The molecule has 0 saturated heterocycles. The molecule has 1 N–H and O–H groups in total. The molecule has 0 aliphatic heterocycles. The molecule has 3 nitrogen and oxygen atoms in total. The molecule has 0 amide bonds. The molecule has 134 valence electrons. The van der Waals surface area contributed by atoms with E-state index >= 15 is 0 Å². The topological polar surface area (TPSA) is 38.7 Å². The Morgan fingerprint density at radius 2 is 2.04 bits per heavy atom. The normalized spacial score (nSPS) is 26.8. The molecule has 4 heteroatoms. The van der Waals surface area contributed by atoms with E-state index in [1.54, 1.807) is 7.11 Å². The molecule has 1 aromatic rings. The van der Waals surface area contributed by atoms with E-state index in [1.807, 2.05) is 24.3 Å². The molecule has 1 fully saturated rings. The second-order valence-electron chi connectivity index (χ2n) is 6.49. The lowest BCUT2D eigenvalue weighted by Gasteiger charge is -2.22. The number of unbranched alkanes of at least 4 members (excludes halogenated alkanes) is 2. The van der Waals surface area contributed by atoms with Crippen LogP contribution in [0, 0.1) is 11.8 Å². The first-order valence-corrected chi connectivity index (χ1v) is 9.33. The van der Waals surface area contributed by atoms with Gasteiger partial charge in [0.05, 0.1) is 19.8 Å². The smallest absolute Gasteiger partial charge is 0.123 e. The van der Waals surface area contributed by atoms with Crippen molar-refractivity contribution in [1.29, 1.82) is 0 Å². The zero-order valence-corrected chi connectivity index (χ0v) is 15.4. The molecule has 1 aliphatic rings. The SMILES string of the molecule is CCCC/C=C\C[C@H]1C(Cl)C[C@@H](O)C1COc1cccc(OC)c1. The number of methoxy groups -OCH3 is 1. The van der Waals surface area contributed by atoms with E-state index in [4.69, 9.17) is 21.1 Å². The zero-order valence-electron chi connectivity index (χ0n) is 14.7. The van der Waals surface area contributed by atoms with Crippen LogP contribution in [0.25, 0.3) is 0 Å². The van der Waals surface area contributed by atoms with E-state index in [1.165, 1.54) is 12.8 Å². The van der Waals surface area contributed by atoms with Gasteiger partial charge in [-0.1, -0.05) is 38.0 Å². The largest absolute Gasteiger partial charge is 0.497 e. The van der Waals surface area contributed by atoms with Crippen molar-refractivity contribution in [3.63, 3.8) is 0 Å². The minimum absolute atomic E-state index is 0.00901. The molecule has 2 unspecified atom stereocenters. The number of rotatable bonds is 9. The number of aliphatic hydroxyl groups is 1. The van der Waals surface area contributed by atoms with Crippen molar-refractivity contribution < 1.29 is 14.6 Å². The van der Waals surface area contributed by atoms with Crippen molar-refractivity contribution in [3.05, 3.63) is 36.4 Å². The minimum atomic E-state index is -0.396. The fraction of sp³-hybridized carbons (Fsp3) is 0.600. The van der Waals surface area contributed by atoms with E-state index in [9.17, 15) is 5.11 Å². The van der Waals surface area contributed by atoms with E-state index in [2.05, 4.69) is 19.1 Å². The Bertz CT molecular complexity index is 517. The predicted octanol–water partition coefficient (Wildman–Crippen LogP) is 4.81. The number of hydrogen-bond acceptors (Lipinski definition) is 3. The summed E-state index contributed by atoms with van der Waals surface area (Å²) in [7, 11) is 1.64. The molecular formula is C20H29ClO3. The van der Waals surface area contributed by atoms with Gasteiger partial charge in [0.25, 0.3) is 0 Å². The summed E-state index contributed by atoms with van der Waals surface area (Å²) in [6.07, 6.45) is 9.14. The van der Waals surface area contributed by atoms with Crippen molar-refractivity contribution in [2.24, 2.45) is 11.8 Å². The van der Waals surface area contributed by atoms with Gasteiger partial charge in [0, 0.05) is 17.4 Å². The van der Waals surface area contributed by atoms with Gasteiger partial charge in [0.2, 0.25) is 0 Å². The zero-order chi connectivity index (χ0) is 17.4. The molecule has 0 aromatic heterocycles. The Hall–Kier alpha value is -1.19. The number of ether oxygens (including phenoxy) is 2. The van der Waals surface area contributed by atoms with E-state index in [-0.39, 0.29) is 17.2 Å². The molecule has 1 saturated carbocycles. The number of alkyl halides is 1. The van der Waals surface area contributed by atoms with Crippen molar-refractivity contribution in [3.8, 4) is 11.5 Å². The third kappa shape index (κ3) is 5.42. The molecule has 2 rings (SSSR count). The van der Waals surface area contributed by atoms with Crippen LogP contribution >= 0.6 is 11.6 Å². The molecule has 1 aromatic carbocycles. The Labute approximate surface area is 150 Å². The summed E-state index contributed by atoms with van der Waals surface area (Å²) in [4.78, 5) is 0. The Kier molecular flexibility index (Phi) is 7.93. The van der Waals surface area contributed by atoms with Gasteiger partial charge >= 0.3 is 0 Å². The van der Waals surface area contributed by atoms with Crippen molar-refractivity contribution in [2.45, 2.75) is 50.5 Å². The molecule has 4 atom stereocenters. The lowest BCUT2D eigenvalue weighted by molar-refractivity contribution is 0.0807. The quantitative estimate of drug-likeness (QED) is 0.393. The van der Waals surface area contributed by atoms with Gasteiger partial charge in [0.15, 0.2) is 0 Å². The van der Waals surface area contributed by atoms with Gasteiger partial charge in [-0.2, -0.15) is 0 Å². The van der Waals surface area contributed by atoms with Gasteiger partial charge in [-0.3, -0.25) is 0 Å². The van der Waals surface area contributed by atoms with Crippen LogP contribution in [0.1, 0.15) is 39.0 Å². The number of aliphatic hydroxyl groups excluding tert-OH is 1. The predicted molar refractivity (Wildman–Crippen MR) is 99.0 cm³/mol. The van der Waals surface area contributed by atoms with Crippen LogP contribution in [0.15, 0.2) is 36.4 Å². The maximum atomic E-state index is 10.3. The minimum Gasteiger partial charge on any atom is -0.497 e. The first kappa shape index (κ1) is 19.1. The third-order valence-corrected chi connectivity index (χ3v) is 5.26. The molecule has 0 spiro atoms. The van der Waals surface area contributed by atoms with Crippen LogP contribution in [-0.4, -0.2) is 30.3 Å². The van der Waals surface area contributed by atoms with Crippen molar-refractivity contribution in [1.82, 2.24) is 0 Å². The number of benzene rings is 1. The number of allylic oxidation sites excluding steroid dienone is 2. The summed E-state index contributed by atoms with van der Waals surface area (Å²) < 4.78 is 11.1. The van der Waals surface area contributed by atoms with Crippen LogP contribution in [0.2, 0.25) is 0 Å².